The van der Waals surface area contributed by atoms with E-state index in [9.17, 15) is 22.8 Å². The van der Waals surface area contributed by atoms with Gasteiger partial charge in [-0.15, -0.1) is 0 Å². The number of hydrogen-bond acceptors (Lipinski definition) is 5. The summed E-state index contributed by atoms with van der Waals surface area (Å²) in [5.41, 5.74) is -0.188. The number of carboxylic acid groups (broad SMARTS) is 1. The van der Waals surface area contributed by atoms with Crippen LogP contribution in [-0.4, -0.2) is 27.2 Å². The summed E-state index contributed by atoms with van der Waals surface area (Å²) in [5, 5.41) is 11.5. The fourth-order valence-corrected chi connectivity index (χ4v) is 3.64. The maximum Gasteiger partial charge on any atom is 0.416 e. The van der Waals surface area contributed by atoms with E-state index in [4.69, 9.17) is 21.4 Å². The highest BCUT2D eigenvalue weighted by atomic mass is 35.5. The molecule has 1 aliphatic rings. The number of nitrogens with one attached hydrogen (secondary N) is 1. The Kier molecular flexibility index (Phi) is 5.55. The SMILES string of the molecule is O=C(O)CC1COc2cc(-n3ccnc(Nc4ccc(C(F)(F)F)cc4Cl)c3=O)ccc21. The minimum absolute atomic E-state index is 0.0660. The van der Waals surface area contributed by atoms with E-state index in [2.05, 4.69) is 10.3 Å². The van der Waals surface area contributed by atoms with Crippen molar-refractivity contribution < 1.29 is 27.8 Å². The number of alkyl halides is 3. The summed E-state index contributed by atoms with van der Waals surface area (Å²) in [5.74, 6) is -0.861. The number of halogens is 4. The number of ether oxygens (including phenoxy) is 1. The first kappa shape index (κ1) is 21.7. The molecule has 1 unspecified atom stereocenters. The first-order valence-corrected chi connectivity index (χ1v) is 9.71. The van der Waals surface area contributed by atoms with Crippen molar-refractivity contribution in [2.75, 3.05) is 11.9 Å². The monoisotopic (exact) mass is 465 g/mol. The topological polar surface area (TPSA) is 93.4 Å². The summed E-state index contributed by atoms with van der Waals surface area (Å²) in [6.07, 6.45) is -1.83. The van der Waals surface area contributed by atoms with Gasteiger partial charge in [0.05, 0.1) is 35.0 Å². The molecular formula is C21H15ClF3N3O4. The second kappa shape index (κ2) is 8.19. The van der Waals surface area contributed by atoms with Crippen molar-refractivity contribution >= 4 is 29.1 Å². The van der Waals surface area contributed by atoms with Crippen molar-refractivity contribution in [3.63, 3.8) is 0 Å². The molecule has 0 spiro atoms. The van der Waals surface area contributed by atoms with Crippen LogP contribution in [0.15, 0.2) is 53.6 Å². The normalized spacial score (nSPS) is 15.2. The maximum absolute atomic E-state index is 12.9. The van der Waals surface area contributed by atoms with Crippen LogP contribution in [0.3, 0.4) is 0 Å². The zero-order valence-corrected chi connectivity index (χ0v) is 16.9. The van der Waals surface area contributed by atoms with Gasteiger partial charge in [-0.3, -0.25) is 14.2 Å². The Morgan fingerprint density at radius 1 is 1.28 bits per heavy atom. The number of benzene rings is 2. The third-order valence-corrected chi connectivity index (χ3v) is 5.28. The van der Waals surface area contributed by atoms with Gasteiger partial charge < -0.3 is 15.2 Å². The minimum Gasteiger partial charge on any atom is -0.493 e. The Morgan fingerprint density at radius 2 is 2.06 bits per heavy atom. The molecule has 3 aromatic rings. The molecule has 0 saturated heterocycles. The van der Waals surface area contributed by atoms with E-state index in [0.29, 0.717) is 11.4 Å². The number of aromatic nitrogens is 2. The molecule has 1 atom stereocenters. The smallest absolute Gasteiger partial charge is 0.416 e. The number of carbonyl (C=O) groups is 1. The van der Waals surface area contributed by atoms with E-state index in [1.807, 2.05) is 0 Å². The van der Waals surface area contributed by atoms with E-state index in [1.165, 1.54) is 17.0 Å². The maximum atomic E-state index is 12.9. The van der Waals surface area contributed by atoms with Crippen LogP contribution in [0.25, 0.3) is 5.69 Å². The molecule has 0 bridgehead atoms. The molecule has 2 aromatic carbocycles. The zero-order chi connectivity index (χ0) is 23.0. The standard InChI is InChI=1S/C21H15ClF3N3O4/c22-15-8-12(21(23,24)25)1-4-16(15)27-19-20(31)28(6-5-26-19)13-2-3-14-11(7-18(29)30)10-32-17(14)9-13/h1-6,8-9,11H,7,10H2,(H,26,27)(H,29,30). The van der Waals surface area contributed by atoms with E-state index >= 15 is 0 Å². The minimum atomic E-state index is -4.54. The van der Waals surface area contributed by atoms with E-state index in [0.717, 1.165) is 23.8 Å². The van der Waals surface area contributed by atoms with Gasteiger partial charge >= 0.3 is 12.1 Å². The van der Waals surface area contributed by atoms with Gasteiger partial charge in [-0.05, 0) is 24.3 Å². The number of nitrogens with zero attached hydrogens (tertiary/aromatic N) is 2. The van der Waals surface area contributed by atoms with Crippen LogP contribution in [0.5, 0.6) is 5.75 Å². The molecule has 1 aromatic heterocycles. The highest BCUT2D eigenvalue weighted by molar-refractivity contribution is 6.33. The lowest BCUT2D eigenvalue weighted by Crippen LogP contribution is -2.22. The van der Waals surface area contributed by atoms with Crippen molar-refractivity contribution in [2.45, 2.75) is 18.5 Å². The van der Waals surface area contributed by atoms with Gasteiger partial charge in [-0.25, -0.2) is 4.98 Å². The van der Waals surface area contributed by atoms with Crippen molar-refractivity contribution in [3.05, 3.63) is 75.3 Å². The quantitative estimate of drug-likeness (QED) is 0.572. The lowest BCUT2D eigenvalue weighted by atomic mass is 9.98. The van der Waals surface area contributed by atoms with E-state index in [1.54, 1.807) is 18.2 Å². The van der Waals surface area contributed by atoms with Gasteiger partial charge in [0.1, 0.15) is 5.75 Å². The van der Waals surface area contributed by atoms with Gasteiger partial charge in [-0.1, -0.05) is 17.7 Å². The average Bonchev–Trinajstić information content (AvgIpc) is 3.11. The summed E-state index contributed by atoms with van der Waals surface area (Å²) in [4.78, 5) is 27.9. The number of hydrogen-bond donors (Lipinski definition) is 2. The molecule has 0 radical (unpaired) electrons. The largest absolute Gasteiger partial charge is 0.493 e. The Morgan fingerprint density at radius 3 is 2.75 bits per heavy atom. The van der Waals surface area contributed by atoms with Crippen LogP contribution < -0.4 is 15.6 Å². The summed E-state index contributed by atoms with van der Waals surface area (Å²) in [7, 11) is 0. The third-order valence-electron chi connectivity index (χ3n) is 4.97. The van der Waals surface area contributed by atoms with Crippen LogP contribution in [0, 0.1) is 0 Å². The lowest BCUT2D eigenvalue weighted by Gasteiger charge is -2.13. The first-order valence-electron chi connectivity index (χ1n) is 9.34. The van der Waals surface area contributed by atoms with Crippen LogP contribution in [-0.2, 0) is 11.0 Å². The van der Waals surface area contributed by atoms with Crippen molar-refractivity contribution in [2.24, 2.45) is 0 Å². The molecule has 11 heteroatoms. The Hall–Kier alpha value is -3.53. The average molecular weight is 466 g/mol. The molecule has 0 saturated carbocycles. The van der Waals surface area contributed by atoms with Gasteiger partial charge in [0.15, 0.2) is 5.82 Å². The molecular weight excluding hydrogens is 451 g/mol. The fraction of sp³-hybridized carbons (Fsp3) is 0.190. The van der Waals surface area contributed by atoms with E-state index < -0.39 is 23.3 Å². The molecule has 2 heterocycles. The number of anilines is 2. The lowest BCUT2D eigenvalue weighted by molar-refractivity contribution is -0.138. The Balaban J connectivity index is 1.63. The number of carboxylic acids is 1. The third kappa shape index (κ3) is 4.26. The van der Waals surface area contributed by atoms with Crippen molar-refractivity contribution in [1.82, 2.24) is 9.55 Å². The second-order valence-electron chi connectivity index (χ2n) is 7.10. The summed E-state index contributed by atoms with van der Waals surface area (Å²) in [6, 6.07) is 7.71. The molecule has 166 valence electrons. The molecule has 0 fully saturated rings. The molecule has 7 nitrogen and oxygen atoms in total. The summed E-state index contributed by atoms with van der Waals surface area (Å²) >= 11 is 5.95. The van der Waals surface area contributed by atoms with Crippen LogP contribution in [0.4, 0.5) is 24.7 Å². The van der Waals surface area contributed by atoms with Gasteiger partial charge in [-0.2, -0.15) is 13.2 Å². The van der Waals surface area contributed by atoms with Crippen LogP contribution >= 0.6 is 11.6 Å². The molecule has 0 amide bonds. The molecule has 4 rings (SSSR count). The molecule has 2 N–H and O–H groups in total. The summed E-state index contributed by atoms with van der Waals surface area (Å²) in [6.45, 7) is 0.232. The predicted octanol–water partition coefficient (Wildman–Crippen LogP) is 4.60. The number of rotatable bonds is 5. The second-order valence-corrected chi connectivity index (χ2v) is 7.50. The zero-order valence-electron chi connectivity index (χ0n) is 16.2. The summed E-state index contributed by atoms with van der Waals surface area (Å²) < 4.78 is 45.3. The van der Waals surface area contributed by atoms with Crippen LogP contribution in [0.1, 0.15) is 23.5 Å². The van der Waals surface area contributed by atoms with Crippen molar-refractivity contribution in [1.29, 1.82) is 0 Å². The van der Waals surface area contributed by atoms with Gasteiger partial charge in [0.25, 0.3) is 5.56 Å². The molecule has 1 aliphatic heterocycles. The van der Waals surface area contributed by atoms with Gasteiger partial charge in [0.2, 0.25) is 0 Å². The molecule has 32 heavy (non-hydrogen) atoms. The van der Waals surface area contributed by atoms with Crippen molar-refractivity contribution in [3.8, 4) is 11.4 Å². The molecule has 0 aliphatic carbocycles. The highest BCUT2D eigenvalue weighted by Gasteiger charge is 2.31. The van der Waals surface area contributed by atoms with E-state index in [-0.39, 0.29) is 35.5 Å². The van der Waals surface area contributed by atoms with Gasteiger partial charge in [0, 0.05) is 29.9 Å². The van der Waals surface area contributed by atoms with Crippen LogP contribution in [0.2, 0.25) is 5.02 Å². The number of fused-ring (bicyclic) bond motifs is 1. The Labute approximate surface area is 184 Å². The first-order chi connectivity index (χ1) is 15.1. The number of aliphatic carboxylic acids is 1. The highest BCUT2D eigenvalue weighted by Crippen LogP contribution is 2.37. The Bertz CT molecular complexity index is 1260. The predicted molar refractivity (Wildman–Crippen MR) is 110 cm³/mol. The fourth-order valence-electron chi connectivity index (χ4n) is 3.42.